The average Bonchev–Trinajstić information content (AvgIpc) is 2.68. The zero-order valence-corrected chi connectivity index (χ0v) is 16.4. The van der Waals surface area contributed by atoms with Crippen molar-refractivity contribution in [3.63, 3.8) is 0 Å². The van der Waals surface area contributed by atoms with Crippen LogP contribution in [0, 0.1) is 5.82 Å². The van der Waals surface area contributed by atoms with E-state index in [0.717, 1.165) is 23.1 Å². The highest BCUT2D eigenvalue weighted by Crippen LogP contribution is 2.37. The summed E-state index contributed by atoms with van der Waals surface area (Å²) in [5, 5.41) is 9.60. The molecule has 0 radical (unpaired) electrons. The monoisotopic (exact) mass is 413 g/mol. The van der Waals surface area contributed by atoms with Crippen LogP contribution in [0.25, 0.3) is 11.1 Å². The maximum atomic E-state index is 13.3. The number of ether oxygens (including phenoxy) is 1. The molecule has 1 aliphatic rings. The van der Waals surface area contributed by atoms with Gasteiger partial charge in [0.25, 0.3) is 0 Å². The van der Waals surface area contributed by atoms with E-state index in [-0.39, 0.29) is 18.2 Å². The Morgan fingerprint density at radius 2 is 1.79 bits per heavy atom. The highest BCUT2D eigenvalue weighted by Gasteiger charge is 2.33. The van der Waals surface area contributed by atoms with Crippen LogP contribution in [0.3, 0.4) is 0 Å². The SMILES string of the molecule is Cl.NC1CCc2ccc(Oc3ccccc3-c3ccc(F)cc3)cc2C1C(=O)O. The predicted molar refractivity (Wildman–Crippen MR) is 112 cm³/mol. The molecule has 150 valence electrons. The topological polar surface area (TPSA) is 72.5 Å². The summed E-state index contributed by atoms with van der Waals surface area (Å²) in [6, 6.07) is 18.8. The Hall–Kier alpha value is -2.89. The predicted octanol–water partition coefficient (Wildman–Crippen LogP) is 5.15. The second-order valence-corrected chi connectivity index (χ2v) is 6.98. The van der Waals surface area contributed by atoms with Crippen molar-refractivity contribution in [2.24, 2.45) is 5.73 Å². The summed E-state index contributed by atoms with van der Waals surface area (Å²) >= 11 is 0. The first-order chi connectivity index (χ1) is 13.5. The number of halogens is 2. The van der Waals surface area contributed by atoms with Crippen molar-refractivity contribution in [2.75, 3.05) is 0 Å². The van der Waals surface area contributed by atoms with Gasteiger partial charge < -0.3 is 15.6 Å². The number of fused-ring (bicyclic) bond motifs is 1. The lowest BCUT2D eigenvalue weighted by atomic mass is 9.79. The minimum atomic E-state index is -0.919. The molecule has 3 N–H and O–H groups in total. The van der Waals surface area contributed by atoms with Crippen molar-refractivity contribution >= 4 is 18.4 Å². The Kier molecular flexibility index (Phi) is 6.20. The lowest BCUT2D eigenvalue weighted by Gasteiger charge is -2.28. The summed E-state index contributed by atoms with van der Waals surface area (Å²) in [5.41, 5.74) is 9.42. The van der Waals surface area contributed by atoms with E-state index < -0.39 is 17.9 Å². The number of carbonyl (C=O) groups is 1. The van der Waals surface area contributed by atoms with Gasteiger partial charge in [-0.2, -0.15) is 0 Å². The Labute approximate surface area is 174 Å². The first-order valence-corrected chi connectivity index (χ1v) is 9.17. The van der Waals surface area contributed by atoms with Crippen LogP contribution < -0.4 is 10.5 Å². The number of hydrogen-bond acceptors (Lipinski definition) is 3. The fourth-order valence-corrected chi connectivity index (χ4v) is 3.74. The van der Waals surface area contributed by atoms with Crippen molar-refractivity contribution in [3.05, 3.63) is 83.7 Å². The van der Waals surface area contributed by atoms with Crippen LogP contribution in [0.15, 0.2) is 66.7 Å². The molecule has 0 bridgehead atoms. The second-order valence-electron chi connectivity index (χ2n) is 6.98. The minimum absolute atomic E-state index is 0. The van der Waals surface area contributed by atoms with Crippen molar-refractivity contribution in [3.8, 4) is 22.6 Å². The summed E-state index contributed by atoms with van der Waals surface area (Å²) in [7, 11) is 0. The summed E-state index contributed by atoms with van der Waals surface area (Å²) in [4.78, 5) is 11.7. The molecule has 3 aromatic carbocycles. The summed E-state index contributed by atoms with van der Waals surface area (Å²) in [6.07, 6.45) is 1.41. The van der Waals surface area contributed by atoms with Gasteiger partial charge in [-0.25, -0.2) is 4.39 Å². The van der Waals surface area contributed by atoms with E-state index in [4.69, 9.17) is 10.5 Å². The van der Waals surface area contributed by atoms with Gasteiger partial charge in [-0.3, -0.25) is 4.79 Å². The fourth-order valence-electron chi connectivity index (χ4n) is 3.74. The van der Waals surface area contributed by atoms with Crippen molar-refractivity contribution in [1.29, 1.82) is 0 Å². The summed E-state index contributed by atoms with van der Waals surface area (Å²) in [5.74, 6) is -0.792. The van der Waals surface area contributed by atoms with Crippen LogP contribution in [0.2, 0.25) is 0 Å². The van der Waals surface area contributed by atoms with Crippen LogP contribution in [-0.4, -0.2) is 17.1 Å². The number of nitrogens with two attached hydrogens (primary N) is 1. The maximum Gasteiger partial charge on any atom is 0.312 e. The first kappa shape index (κ1) is 20.8. The number of para-hydroxylation sites is 1. The van der Waals surface area contributed by atoms with E-state index in [0.29, 0.717) is 23.5 Å². The third-order valence-corrected chi connectivity index (χ3v) is 5.16. The maximum absolute atomic E-state index is 13.3. The van der Waals surface area contributed by atoms with Gasteiger partial charge in [0.15, 0.2) is 0 Å². The quantitative estimate of drug-likeness (QED) is 0.620. The number of aryl methyl sites for hydroxylation is 1. The molecule has 29 heavy (non-hydrogen) atoms. The van der Waals surface area contributed by atoms with Crippen LogP contribution in [0.4, 0.5) is 4.39 Å². The highest BCUT2D eigenvalue weighted by molar-refractivity contribution is 5.85. The third kappa shape index (κ3) is 4.26. The minimum Gasteiger partial charge on any atom is -0.481 e. The summed E-state index contributed by atoms with van der Waals surface area (Å²) < 4.78 is 19.4. The van der Waals surface area contributed by atoms with Gasteiger partial charge in [-0.05, 0) is 59.9 Å². The second kappa shape index (κ2) is 8.64. The number of carboxylic acid groups (broad SMARTS) is 1. The molecule has 0 aromatic heterocycles. The van der Waals surface area contributed by atoms with Gasteiger partial charge in [0, 0.05) is 11.6 Å². The normalized spacial score (nSPS) is 17.7. The molecule has 4 nitrogen and oxygen atoms in total. The first-order valence-electron chi connectivity index (χ1n) is 9.17. The average molecular weight is 414 g/mol. The van der Waals surface area contributed by atoms with E-state index in [9.17, 15) is 14.3 Å². The van der Waals surface area contributed by atoms with Crippen LogP contribution >= 0.6 is 12.4 Å². The number of aliphatic carboxylic acids is 1. The molecule has 3 aromatic rings. The van der Waals surface area contributed by atoms with E-state index in [1.165, 1.54) is 12.1 Å². The zero-order chi connectivity index (χ0) is 19.7. The molecular formula is C23H21ClFNO3. The Bertz CT molecular complexity index is 1020. The van der Waals surface area contributed by atoms with E-state index in [1.807, 2.05) is 36.4 Å². The van der Waals surface area contributed by atoms with Crippen molar-refractivity contribution in [2.45, 2.75) is 24.8 Å². The Balaban J connectivity index is 0.00000240. The van der Waals surface area contributed by atoms with Crippen molar-refractivity contribution in [1.82, 2.24) is 0 Å². The number of hydrogen-bond donors (Lipinski definition) is 2. The summed E-state index contributed by atoms with van der Waals surface area (Å²) in [6.45, 7) is 0. The molecule has 6 heteroatoms. The molecule has 1 aliphatic carbocycles. The molecule has 4 rings (SSSR count). The van der Waals surface area contributed by atoms with E-state index >= 15 is 0 Å². The van der Waals surface area contributed by atoms with Gasteiger partial charge in [0.2, 0.25) is 0 Å². The van der Waals surface area contributed by atoms with Gasteiger partial charge >= 0.3 is 5.97 Å². The fraction of sp³-hybridized carbons (Fsp3) is 0.174. The number of benzene rings is 3. The standard InChI is InChI=1S/C23H20FNO3.ClH/c24-16-9-5-14(6-10-16)18-3-1-2-4-21(18)28-17-11-7-15-8-12-20(25)22(23(26)27)19(15)13-17;/h1-7,9-11,13,20,22H,8,12,25H2,(H,26,27);1H. The Morgan fingerprint density at radius 1 is 1.07 bits per heavy atom. The molecule has 2 unspecified atom stereocenters. The smallest absolute Gasteiger partial charge is 0.312 e. The van der Waals surface area contributed by atoms with Gasteiger partial charge in [0.1, 0.15) is 17.3 Å². The van der Waals surface area contributed by atoms with E-state index in [2.05, 4.69) is 0 Å². The number of rotatable bonds is 4. The van der Waals surface area contributed by atoms with Crippen LogP contribution in [-0.2, 0) is 11.2 Å². The lowest BCUT2D eigenvalue weighted by molar-refractivity contribution is -0.139. The molecule has 0 heterocycles. The molecule has 0 spiro atoms. The van der Waals surface area contributed by atoms with Gasteiger partial charge in [0.05, 0.1) is 5.92 Å². The van der Waals surface area contributed by atoms with Crippen molar-refractivity contribution < 1.29 is 19.0 Å². The van der Waals surface area contributed by atoms with Gasteiger partial charge in [-0.1, -0.05) is 36.4 Å². The van der Waals surface area contributed by atoms with E-state index in [1.54, 1.807) is 18.2 Å². The van der Waals surface area contributed by atoms with Crippen LogP contribution in [0.5, 0.6) is 11.5 Å². The number of carboxylic acids is 1. The molecule has 0 fully saturated rings. The molecule has 0 saturated carbocycles. The Morgan fingerprint density at radius 3 is 2.52 bits per heavy atom. The highest BCUT2D eigenvalue weighted by atomic mass is 35.5. The largest absolute Gasteiger partial charge is 0.481 e. The lowest BCUT2D eigenvalue weighted by Crippen LogP contribution is -2.37. The zero-order valence-electron chi connectivity index (χ0n) is 15.5. The third-order valence-electron chi connectivity index (χ3n) is 5.16. The van der Waals surface area contributed by atoms with Gasteiger partial charge in [-0.15, -0.1) is 12.4 Å². The molecule has 0 aliphatic heterocycles. The molecule has 0 amide bonds. The molecule has 0 saturated heterocycles. The van der Waals surface area contributed by atoms with Crippen LogP contribution in [0.1, 0.15) is 23.5 Å². The molecular weight excluding hydrogens is 393 g/mol. The molecule has 2 atom stereocenters.